The third-order valence-electron chi connectivity index (χ3n) is 2.31. The molecule has 90 valence electrons. The first-order valence-corrected chi connectivity index (χ1v) is 6.49. The average molecular weight is 241 g/mol. The van der Waals surface area contributed by atoms with Gasteiger partial charge in [-0.3, -0.25) is 4.79 Å². The van der Waals surface area contributed by atoms with Crippen LogP contribution in [0.15, 0.2) is 5.38 Å². The van der Waals surface area contributed by atoms with E-state index in [-0.39, 0.29) is 11.9 Å². The molecule has 0 aliphatic rings. The number of nitrogens with two attached hydrogens (primary N) is 1. The molecule has 0 saturated carbocycles. The van der Waals surface area contributed by atoms with Crippen LogP contribution in [0.3, 0.4) is 0 Å². The third-order valence-corrected chi connectivity index (χ3v) is 3.03. The molecule has 0 spiro atoms. The molecule has 1 atom stereocenters. The fourth-order valence-electron chi connectivity index (χ4n) is 1.48. The molecule has 1 heterocycles. The molecular weight excluding hydrogens is 222 g/mol. The molecule has 5 heteroatoms. The smallest absolute Gasteiger partial charge is 0.226 e. The highest BCUT2D eigenvalue weighted by Crippen LogP contribution is 2.11. The lowest BCUT2D eigenvalue weighted by molar-refractivity contribution is -0.121. The van der Waals surface area contributed by atoms with E-state index >= 15 is 0 Å². The number of thiazole rings is 1. The fourth-order valence-corrected chi connectivity index (χ4v) is 2.04. The topological polar surface area (TPSA) is 68.0 Å². The van der Waals surface area contributed by atoms with Gasteiger partial charge in [-0.1, -0.05) is 19.8 Å². The van der Waals surface area contributed by atoms with Gasteiger partial charge >= 0.3 is 0 Å². The first-order chi connectivity index (χ1) is 7.61. The molecule has 1 unspecified atom stereocenters. The zero-order chi connectivity index (χ0) is 12.0. The van der Waals surface area contributed by atoms with E-state index in [0.29, 0.717) is 11.6 Å². The fraction of sp³-hybridized carbons (Fsp3) is 0.636. The lowest BCUT2D eigenvalue weighted by atomic mass is 10.1. The molecule has 1 aromatic heterocycles. The van der Waals surface area contributed by atoms with Crippen molar-refractivity contribution in [2.45, 2.75) is 45.6 Å². The van der Waals surface area contributed by atoms with Crippen LogP contribution < -0.4 is 11.1 Å². The minimum Gasteiger partial charge on any atom is -0.375 e. The van der Waals surface area contributed by atoms with Gasteiger partial charge in [0.05, 0.1) is 12.1 Å². The normalized spacial score (nSPS) is 12.4. The maximum atomic E-state index is 11.6. The van der Waals surface area contributed by atoms with Crippen molar-refractivity contribution in [2.24, 2.45) is 0 Å². The standard InChI is InChI=1S/C11H19N3OS/c1-3-4-5-8(2)13-10(15)6-9-7-16-11(12)14-9/h7-8H,3-6H2,1-2H3,(H2,12,14)(H,13,15). The summed E-state index contributed by atoms with van der Waals surface area (Å²) in [5.74, 6) is 0.0221. The monoisotopic (exact) mass is 241 g/mol. The van der Waals surface area contributed by atoms with E-state index in [2.05, 4.69) is 17.2 Å². The number of carbonyl (C=O) groups excluding carboxylic acids is 1. The third kappa shape index (κ3) is 4.61. The lowest BCUT2D eigenvalue weighted by Gasteiger charge is -2.12. The summed E-state index contributed by atoms with van der Waals surface area (Å²) in [7, 11) is 0. The Bertz CT molecular complexity index is 338. The van der Waals surface area contributed by atoms with Gasteiger partial charge in [-0.15, -0.1) is 11.3 Å². The molecule has 1 rings (SSSR count). The summed E-state index contributed by atoms with van der Waals surface area (Å²) in [6.07, 6.45) is 3.65. The second-order valence-electron chi connectivity index (χ2n) is 3.96. The summed E-state index contributed by atoms with van der Waals surface area (Å²) in [6.45, 7) is 4.18. The van der Waals surface area contributed by atoms with Gasteiger partial charge in [-0.05, 0) is 13.3 Å². The SMILES string of the molecule is CCCCC(C)NC(=O)Cc1csc(N)n1. The van der Waals surface area contributed by atoms with Gasteiger partial charge in [0.2, 0.25) is 5.91 Å². The first-order valence-electron chi connectivity index (χ1n) is 5.61. The average Bonchev–Trinajstić information content (AvgIpc) is 2.60. The van der Waals surface area contributed by atoms with Crippen LogP contribution in [0.2, 0.25) is 0 Å². The number of unbranched alkanes of at least 4 members (excludes halogenated alkanes) is 1. The molecule has 4 nitrogen and oxygen atoms in total. The Balaban J connectivity index is 2.30. The van der Waals surface area contributed by atoms with Crippen molar-refractivity contribution < 1.29 is 4.79 Å². The predicted molar refractivity (Wildman–Crippen MR) is 67.4 cm³/mol. The van der Waals surface area contributed by atoms with Crippen molar-refractivity contribution >= 4 is 22.4 Å². The minimum atomic E-state index is 0.0221. The van der Waals surface area contributed by atoms with Crippen molar-refractivity contribution in [3.63, 3.8) is 0 Å². The summed E-state index contributed by atoms with van der Waals surface area (Å²) in [5.41, 5.74) is 6.25. The largest absolute Gasteiger partial charge is 0.375 e. The molecule has 0 aliphatic heterocycles. The summed E-state index contributed by atoms with van der Waals surface area (Å²) >= 11 is 1.37. The zero-order valence-electron chi connectivity index (χ0n) is 9.82. The van der Waals surface area contributed by atoms with Crippen molar-refractivity contribution in [2.75, 3.05) is 5.73 Å². The van der Waals surface area contributed by atoms with Crippen molar-refractivity contribution in [3.8, 4) is 0 Å². The number of rotatable bonds is 6. The number of hydrogen-bond acceptors (Lipinski definition) is 4. The van der Waals surface area contributed by atoms with Crippen LogP contribution in [0.25, 0.3) is 0 Å². The van der Waals surface area contributed by atoms with Crippen molar-refractivity contribution in [3.05, 3.63) is 11.1 Å². The number of nitrogens with one attached hydrogen (secondary N) is 1. The number of anilines is 1. The number of hydrogen-bond donors (Lipinski definition) is 2. The summed E-state index contributed by atoms with van der Waals surface area (Å²) in [4.78, 5) is 15.7. The molecule has 0 aromatic carbocycles. The van der Waals surface area contributed by atoms with Crippen LogP contribution in [-0.2, 0) is 11.2 Å². The van der Waals surface area contributed by atoms with Crippen LogP contribution in [0.4, 0.5) is 5.13 Å². The quantitative estimate of drug-likeness (QED) is 0.800. The highest BCUT2D eigenvalue weighted by atomic mass is 32.1. The Morgan fingerprint density at radius 1 is 1.69 bits per heavy atom. The molecule has 0 fully saturated rings. The highest BCUT2D eigenvalue weighted by Gasteiger charge is 2.09. The van der Waals surface area contributed by atoms with E-state index in [1.807, 2.05) is 12.3 Å². The van der Waals surface area contributed by atoms with Crippen LogP contribution in [0.1, 0.15) is 38.8 Å². The van der Waals surface area contributed by atoms with E-state index < -0.39 is 0 Å². The maximum absolute atomic E-state index is 11.6. The second-order valence-corrected chi connectivity index (χ2v) is 4.85. The molecular formula is C11H19N3OS. The van der Waals surface area contributed by atoms with E-state index in [1.54, 1.807) is 0 Å². The Labute approximate surface area is 100 Å². The Morgan fingerprint density at radius 3 is 3.00 bits per heavy atom. The highest BCUT2D eigenvalue weighted by molar-refractivity contribution is 7.13. The van der Waals surface area contributed by atoms with E-state index in [9.17, 15) is 4.79 Å². The van der Waals surface area contributed by atoms with Gasteiger partial charge in [0.25, 0.3) is 0 Å². The Kier molecular flexibility index (Phi) is 5.25. The van der Waals surface area contributed by atoms with Crippen molar-refractivity contribution in [1.82, 2.24) is 10.3 Å². The Morgan fingerprint density at radius 2 is 2.44 bits per heavy atom. The predicted octanol–water partition coefficient (Wildman–Crippen LogP) is 1.96. The molecule has 0 bridgehead atoms. The van der Waals surface area contributed by atoms with Gasteiger partial charge in [0.1, 0.15) is 0 Å². The van der Waals surface area contributed by atoms with Gasteiger partial charge in [0, 0.05) is 11.4 Å². The van der Waals surface area contributed by atoms with Gasteiger partial charge in [-0.2, -0.15) is 0 Å². The second kappa shape index (κ2) is 6.48. The van der Waals surface area contributed by atoms with Gasteiger partial charge < -0.3 is 11.1 Å². The van der Waals surface area contributed by atoms with E-state index in [1.165, 1.54) is 11.3 Å². The van der Waals surface area contributed by atoms with Crippen LogP contribution in [-0.4, -0.2) is 16.9 Å². The van der Waals surface area contributed by atoms with E-state index in [0.717, 1.165) is 25.0 Å². The summed E-state index contributed by atoms with van der Waals surface area (Å²) < 4.78 is 0. The van der Waals surface area contributed by atoms with Gasteiger partial charge in [-0.25, -0.2) is 4.98 Å². The molecule has 3 N–H and O–H groups in total. The number of nitrogens with zero attached hydrogens (tertiary/aromatic N) is 1. The molecule has 1 aromatic rings. The maximum Gasteiger partial charge on any atom is 0.226 e. The molecule has 0 radical (unpaired) electrons. The number of amides is 1. The molecule has 1 amide bonds. The van der Waals surface area contributed by atoms with Gasteiger partial charge in [0.15, 0.2) is 5.13 Å². The van der Waals surface area contributed by atoms with E-state index in [4.69, 9.17) is 5.73 Å². The summed E-state index contributed by atoms with van der Waals surface area (Å²) in [5, 5.41) is 5.30. The minimum absolute atomic E-state index is 0.0221. The number of aromatic nitrogens is 1. The number of carbonyl (C=O) groups is 1. The first kappa shape index (κ1) is 13.0. The van der Waals surface area contributed by atoms with Crippen LogP contribution in [0, 0.1) is 0 Å². The Hall–Kier alpha value is -1.10. The summed E-state index contributed by atoms with van der Waals surface area (Å²) in [6, 6.07) is 0.239. The molecule has 0 aliphatic carbocycles. The van der Waals surface area contributed by atoms with Crippen LogP contribution in [0.5, 0.6) is 0 Å². The van der Waals surface area contributed by atoms with Crippen molar-refractivity contribution in [1.29, 1.82) is 0 Å². The van der Waals surface area contributed by atoms with Crippen LogP contribution >= 0.6 is 11.3 Å². The lowest BCUT2D eigenvalue weighted by Crippen LogP contribution is -2.33. The molecule has 16 heavy (non-hydrogen) atoms. The number of nitrogen functional groups attached to an aromatic ring is 1. The molecule has 0 saturated heterocycles. The zero-order valence-corrected chi connectivity index (χ0v) is 10.6.